The van der Waals surface area contributed by atoms with Gasteiger partial charge in [0.15, 0.2) is 0 Å². The minimum Gasteiger partial charge on any atom is -1.00 e. The molecular weight excluding hydrogens is 410 g/mol. The number of halogens is 2. The lowest BCUT2D eigenvalue weighted by Gasteiger charge is -2.09. The first-order valence-corrected chi connectivity index (χ1v) is 8.23. The lowest BCUT2D eigenvalue weighted by atomic mass is 10.1. The van der Waals surface area contributed by atoms with Crippen molar-refractivity contribution >= 4 is 28.8 Å². The average Bonchev–Trinajstić information content (AvgIpc) is 2.98. The first kappa shape index (κ1) is 18.4. The molecule has 0 aliphatic rings. The van der Waals surface area contributed by atoms with Crippen LogP contribution in [0.4, 0.5) is 0 Å². The van der Waals surface area contributed by atoms with Crippen LogP contribution in [0.1, 0.15) is 6.92 Å². The van der Waals surface area contributed by atoms with Gasteiger partial charge in [0.05, 0.1) is 5.69 Å². The topological polar surface area (TPSA) is 46.4 Å². The Morgan fingerprint density at radius 1 is 1.12 bits per heavy atom. The molecule has 1 amide bonds. The van der Waals surface area contributed by atoms with Crippen molar-refractivity contribution < 1.29 is 21.8 Å². The lowest BCUT2D eigenvalue weighted by molar-refractivity contribution is -0.119. The quantitative estimate of drug-likeness (QED) is 0.623. The van der Waals surface area contributed by atoms with Crippen molar-refractivity contribution in [1.29, 1.82) is 0 Å². The Morgan fingerprint density at radius 2 is 1.79 bits per heavy atom. The molecule has 1 aromatic heterocycles. The zero-order valence-electron chi connectivity index (χ0n) is 12.7. The summed E-state index contributed by atoms with van der Waals surface area (Å²) in [5.41, 5.74) is 5.49. The lowest BCUT2D eigenvalue weighted by Crippen LogP contribution is -3.00. The van der Waals surface area contributed by atoms with Crippen molar-refractivity contribution in [2.75, 3.05) is 0 Å². The minimum absolute atomic E-state index is 0. The van der Waals surface area contributed by atoms with Gasteiger partial charge in [0.1, 0.15) is 0 Å². The van der Waals surface area contributed by atoms with Crippen molar-refractivity contribution in [3.05, 3.63) is 69.8 Å². The molecule has 2 aromatic carbocycles. The van der Waals surface area contributed by atoms with Crippen LogP contribution in [0.25, 0.3) is 16.9 Å². The van der Waals surface area contributed by atoms with E-state index in [1.165, 1.54) is 18.3 Å². The molecule has 3 rings (SSSR count). The third kappa shape index (κ3) is 4.14. The largest absolute Gasteiger partial charge is 1.00 e. The molecule has 0 fully saturated rings. The number of benzene rings is 2. The third-order valence-corrected chi connectivity index (χ3v) is 4.25. The molecule has 1 heterocycles. The Morgan fingerprint density at radius 3 is 2.42 bits per heavy atom. The highest BCUT2D eigenvalue weighted by Gasteiger charge is 2.10. The van der Waals surface area contributed by atoms with Crippen LogP contribution >= 0.6 is 22.9 Å². The fourth-order valence-electron chi connectivity index (χ4n) is 2.16. The normalized spacial score (nSPS) is 11.0. The van der Waals surface area contributed by atoms with Crippen LogP contribution in [0.15, 0.2) is 65.1 Å². The smallest absolute Gasteiger partial charge is 0.237 e. The number of para-hydroxylation sites is 1. The highest BCUT2D eigenvalue weighted by molar-refractivity contribution is 7.07. The molecular formula is C17H14BrClN3OS-. The van der Waals surface area contributed by atoms with E-state index in [9.17, 15) is 4.79 Å². The van der Waals surface area contributed by atoms with Crippen molar-refractivity contribution in [2.24, 2.45) is 5.10 Å². The Labute approximate surface area is 159 Å². The van der Waals surface area contributed by atoms with Gasteiger partial charge in [-0.1, -0.05) is 41.9 Å². The van der Waals surface area contributed by atoms with Gasteiger partial charge in [-0.05, 0) is 29.8 Å². The van der Waals surface area contributed by atoms with Gasteiger partial charge >= 0.3 is 0 Å². The second kappa shape index (κ2) is 8.28. The maximum absolute atomic E-state index is 11.2. The van der Waals surface area contributed by atoms with Gasteiger partial charge in [0.25, 0.3) is 0 Å². The molecule has 4 nitrogen and oxygen atoms in total. The summed E-state index contributed by atoms with van der Waals surface area (Å²) < 4.78 is 2.00. The van der Waals surface area contributed by atoms with Gasteiger partial charge in [-0.15, -0.1) is 16.4 Å². The highest BCUT2D eigenvalue weighted by atomic mass is 79.9. The first-order chi connectivity index (χ1) is 11.1. The van der Waals surface area contributed by atoms with Crippen LogP contribution < -0.4 is 27.2 Å². The SMILES string of the molecule is CC(=O)N/N=c1/scc(-c2ccc(Cl)cc2)n1-c1ccccc1.[Br-]. The summed E-state index contributed by atoms with van der Waals surface area (Å²) in [6.07, 6.45) is 0. The number of hydrogen-bond donors (Lipinski definition) is 1. The monoisotopic (exact) mass is 422 g/mol. The number of aromatic nitrogens is 1. The molecule has 3 aromatic rings. The molecule has 1 N–H and O–H groups in total. The number of carbonyl (C=O) groups is 1. The molecule has 24 heavy (non-hydrogen) atoms. The van der Waals surface area contributed by atoms with Crippen molar-refractivity contribution in [1.82, 2.24) is 9.99 Å². The van der Waals surface area contributed by atoms with Gasteiger partial charge in [0.2, 0.25) is 10.7 Å². The van der Waals surface area contributed by atoms with Gasteiger partial charge in [-0.3, -0.25) is 9.36 Å². The van der Waals surface area contributed by atoms with Crippen LogP contribution in [0.3, 0.4) is 0 Å². The number of amides is 1. The van der Waals surface area contributed by atoms with Crippen molar-refractivity contribution in [3.63, 3.8) is 0 Å². The van der Waals surface area contributed by atoms with Crippen LogP contribution in [-0.4, -0.2) is 10.5 Å². The number of rotatable bonds is 3. The molecule has 0 unspecified atom stereocenters. The predicted octanol–water partition coefficient (Wildman–Crippen LogP) is 0.815. The van der Waals surface area contributed by atoms with E-state index in [0.717, 1.165) is 16.9 Å². The van der Waals surface area contributed by atoms with Gasteiger partial charge in [-0.2, -0.15) is 0 Å². The van der Waals surface area contributed by atoms with E-state index in [-0.39, 0.29) is 22.9 Å². The summed E-state index contributed by atoms with van der Waals surface area (Å²) in [5, 5.41) is 6.91. The van der Waals surface area contributed by atoms with E-state index in [1.54, 1.807) is 0 Å². The molecule has 0 spiro atoms. The molecule has 0 saturated heterocycles. The average molecular weight is 424 g/mol. The van der Waals surface area contributed by atoms with E-state index < -0.39 is 0 Å². The zero-order chi connectivity index (χ0) is 16.2. The molecule has 7 heteroatoms. The molecule has 0 aliphatic carbocycles. The number of thiazole rings is 1. The summed E-state index contributed by atoms with van der Waals surface area (Å²) >= 11 is 7.44. The van der Waals surface area contributed by atoms with Crippen molar-refractivity contribution in [3.8, 4) is 16.9 Å². The molecule has 0 aliphatic heterocycles. The Balaban J connectivity index is 0.00000208. The number of hydrogen-bond acceptors (Lipinski definition) is 3. The van der Waals surface area contributed by atoms with Crippen LogP contribution in [0.5, 0.6) is 0 Å². The maximum atomic E-state index is 11.2. The second-order valence-electron chi connectivity index (χ2n) is 4.86. The Bertz CT molecular complexity index is 888. The summed E-state index contributed by atoms with van der Waals surface area (Å²) in [4.78, 5) is 11.8. The molecule has 0 saturated carbocycles. The Kier molecular flexibility index (Phi) is 6.36. The van der Waals surface area contributed by atoms with Gasteiger partial charge in [0, 0.05) is 23.0 Å². The van der Waals surface area contributed by atoms with Gasteiger partial charge < -0.3 is 17.0 Å². The van der Waals surface area contributed by atoms with E-state index in [4.69, 9.17) is 11.6 Å². The minimum atomic E-state index is -0.203. The highest BCUT2D eigenvalue weighted by Crippen LogP contribution is 2.24. The predicted molar refractivity (Wildman–Crippen MR) is 93.5 cm³/mol. The fourth-order valence-corrected chi connectivity index (χ4v) is 3.16. The third-order valence-electron chi connectivity index (χ3n) is 3.17. The number of nitrogens with zero attached hydrogens (tertiary/aromatic N) is 2. The zero-order valence-corrected chi connectivity index (χ0v) is 15.9. The molecule has 124 valence electrons. The molecule has 0 radical (unpaired) electrons. The molecule has 0 bridgehead atoms. The van der Waals surface area contributed by atoms with E-state index in [0.29, 0.717) is 9.82 Å². The van der Waals surface area contributed by atoms with Crippen molar-refractivity contribution in [2.45, 2.75) is 6.92 Å². The van der Waals surface area contributed by atoms with E-state index in [1.807, 2.05) is 64.5 Å². The van der Waals surface area contributed by atoms with Gasteiger partial charge in [-0.25, -0.2) is 5.43 Å². The van der Waals surface area contributed by atoms with E-state index >= 15 is 0 Å². The summed E-state index contributed by atoms with van der Waals surface area (Å²) in [6, 6.07) is 17.5. The summed E-state index contributed by atoms with van der Waals surface area (Å²) in [5.74, 6) is -0.203. The van der Waals surface area contributed by atoms with Crippen LogP contribution in [-0.2, 0) is 4.79 Å². The molecule has 0 atom stereocenters. The first-order valence-electron chi connectivity index (χ1n) is 6.97. The van der Waals surface area contributed by atoms with E-state index in [2.05, 4.69) is 10.5 Å². The number of carbonyl (C=O) groups excluding carboxylic acids is 1. The number of nitrogens with one attached hydrogen (secondary N) is 1. The van der Waals surface area contributed by atoms with Crippen LogP contribution in [0.2, 0.25) is 5.02 Å². The Hall–Kier alpha value is -1.89. The van der Waals surface area contributed by atoms with Crippen LogP contribution in [0, 0.1) is 0 Å². The maximum Gasteiger partial charge on any atom is 0.237 e. The standard InChI is InChI=1S/C17H14ClN3OS.BrH/c1-12(22)19-20-17-21(15-5-3-2-4-6-15)16(11-23-17)13-7-9-14(18)10-8-13;/h2-11H,1H3,(H,19,22);1H/p-1/b20-17+;. The summed E-state index contributed by atoms with van der Waals surface area (Å²) in [7, 11) is 0. The summed E-state index contributed by atoms with van der Waals surface area (Å²) in [6.45, 7) is 1.43. The fraction of sp³-hybridized carbons (Fsp3) is 0.0588. The second-order valence-corrected chi connectivity index (χ2v) is 6.13.